The molecular weight excluding hydrogens is 931 g/mol. The molecule has 5 rings (SSSR count). The van der Waals surface area contributed by atoms with Crippen molar-refractivity contribution in [2.75, 3.05) is 39.3 Å². The Labute approximate surface area is 398 Å². The Bertz CT molecular complexity index is 2120. The first-order valence-electron chi connectivity index (χ1n) is 20.2. The molecule has 3 heterocycles. The molecule has 0 spiro atoms. The lowest BCUT2D eigenvalue weighted by Crippen LogP contribution is -3.11. The fraction of sp³-hybridized carbons (Fsp3) is 0.400. The topological polar surface area (TPSA) is 200 Å². The number of aryl methyl sites for hydroxylation is 3. The van der Waals surface area contributed by atoms with Gasteiger partial charge in [-0.2, -0.15) is 0 Å². The van der Waals surface area contributed by atoms with Crippen molar-refractivity contribution in [3.8, 4) is 0 Å². The number of furan rings is 3. The average molecular weight is 1000 g/mol. The molecule has 0 saturated carbocycles. The van der Waals surface area contributed by atoms with Crippen molar-refractivity contribution in [3.05, 3.63) is 131 Å². The van der Waals surface area contributed by atoms with E-state index in [4.69, 9.17) is 29.0 Å². The van der Waals surface area contributed by atoms with Crippen LogP contribution in [0.5, 0.6) is 0 Å². The second-order valence-electron chi connectivity index (χ2n) is 13.0. The lowest BCUT2D eigenvalue weighted by atomic mass is 10.2. The number of aliphatic hydroxyl groups is 2. The zero-order valence-electron chi connectivity index (χ0n) is 38.1. The summed E-state index contributed by atoms with van der Waals surface area (Å²) in [4.78, 5) is 34.8. The van der Waals surface area contributed by atoms with E-state index in [0.29, 0.717) is 36.1 Å². The van der Waals surface area contributed by atoms with E-state index >= 15 is 0 Å². The lowest BCUT2D eigenvalue weighted by molar-refractivity contribution is -0.894. The molecule has 0 aliphatic heterocycles. The van der Waals surface area contributed by atoms with Crippen molar-refractivity contribution in [2.24, 2.45) is 0 Å². The molecule has 0 bridgehead atoms. The van der Waals surface area contributed by atoms with Gasteiger partial charge < -0.3 is 57.2 Å². The summed E-state index contributed by atoms with van der Waals surface area (Å²) in [5, 5.41) is 8.44. The van der Waals surface area contributed by atoms with Crippen molar-refractivity contribution in [1.29, 1.82) is 0 Å². The number of benzene rings is 2. The number of nitrogens with one attached hydrogen (secondary N) is 1. The van der Waals surface area contributed by atoms with Crippen LogP contribution in [0.4, 0.5) is 0 Å². The van der Waals surface area contributed by atoms with E-state index in [0.717, 1.165) is 23.3 Å². The highest BCUT2D eigenvalue weighted by atomic mass is 35.7. The number of aldehydes is 3. The number of aliphatic hydroxyl groups excluding tert-OH is 1. The van der Waals surface area contributed by atoms with Gasteiger partial charge in [0.25, 0.3) is 9.05 Å². The van der Waals surface area contributed by atoms with Gasteiger partial charge in [0.15, 0.2) is 41.9 Å². The highest BCUT2D eigenvalue weighted by molar-refractivity contribution is 8.13. The van der Waals surface area contributed by atoms with Gasteiger partial charge in [-0.3, -0.25) is 14.4 Å². The molecule has 3 N–H and O–H groups in total. The largest absolute Gasteiger partial charge is 1.00 e. The van der Waals surface area contributed by atoms with Gasteiger partial charge >= 0.3 is 10.1 Å². The van der Waals surface area contributed by atoms with E-state index in [9.17, 15) is 31.2 Å². The van der Waals surface area contributed by atoms with Gasteiger partial charge in [-0.1, -0.05) is 63.1 Å². The maximum absolute atomic E-state index is 11.9. The van der Waals surface area contributed by atoms with Gasteiger partial charge in [-0.25, -0.2) is 8.42 Å². The number of carbonyl (C=O) groups is 3. The first kappa shape index (κ1) is 64.2. The monoisotopic (exact) mass is 997 g/mol. The maximum Gasteiger partial charge on any atom is 0.410 e. The summed E-state index contributed by atoms with van der Waals surface area (Å²) < 4.78 is 63.7. The van der Waals surface area contributed by atoms with Gasteiger partial charge in [-0.15, -0.1) is 8.42 Å². The third-order valence-corrected chi connectivity index (χ3v) is 11.5. The Morgan fingerprint density at radius 2 is 0.953 bits per heavy atom. The smallest absolute Gasteiger partial charge is 0.410 e. The molecule has 362 valence electrons. The number of quaternary nitrogens is 1. The number of hydrogen-bond donors (Lipinski definition) is 2. The van der Waals surface area contributed by atoms with E-state index in [-0.39, 0.29) is 60.8 Å². The van der Waals surface area contributed by atoms with Crippen LogP contribution in [0, 0.1) is 13.8 Å². The number of carbonyl (C=O) groups excluding carboxylic acids is 3. The summed E-state index contributed by atoms with van der Waals surface area (Å²) in [7, 11) is -2.16. The number of hydrogen-bond acceptors (Lipinski definition) is 12. The zero-order chi connectivity index (χ0) is 47.1. The van der Waals surface area contributed by atoms with Crippen LogP contribution in [0.3, 0.4) is 0 Å². The Balaban J connectivity index is -0.000000356. The van der Waals surface area contributed by atoms with E-state index in [2.05, 4.69) is 50.6 Å². The van der Waals surface area contributed by atoms with Gasteiger partial charge in [0.2, 0.25) is 6.61 Å². The molecule has 0 radical (unpaired) electrons. The molecule has 0 unspecified atom stereocenters. The summed E-state index contributed by atoms with van der Waals surface area (Å²) >= 11 is 0. The second kappa shape index (κ2) is 36.2. The second-order valence-corrected chi connectivity index (χ2v) is 17.3. The predicted molar refractivity (Wildman–Crippen MR) is 244 cm³/mol. The van der Waals surface area contributed by atoms with Crippen LogP contribution >= 0.6 is 10.7 Å². The summed E-state index contributed by atoms with van der Waals surface area (Å²) in [5.74, 6) is 2.41. The van der Waals surface area contributed by atoms with Crippen molar-refractivity contribution in [2.45, 2.75) is 91.7 Å². The Hall–Kier alpha value is -4.10. The van der Waals surface area contributed by atoms with Gasteiger partial charge in [0, 0.05) is 18.5 Å². The molecule has 2 aromatic carbocycles. The van der Waals surface area contributed by atoms with Crippen molar-refractivity contribution < 1.29 is 84.9 Å². The molecule has 0 aliphatic rings. The number of rotatable bonds is 16. The SMILES string of the molecule is CCN(CC)CC.CC[NH+](CC)CC.CCc1ccc(C=O)o1.Cc1ccc(S(=O)(=O)Cl)cc1.Cc1ccc(S(=O)(=O)[OH+]Cc2ccc(C=O)o2)cc1.O=Cc1ccc(CO)o1.[2HH].[Cl-].[Cl-]. The Morgan fingerprint density at radius 3 is 1.22 bits per heavy atom. The molecule has 19 heteroatoms. The van der Waals surface area contributed by atoms with Crippen molar-refractivity contribution >= 4 is 48.7 Å². The highest BCUT2D eigenvalue weighted by Crippen LogP contribution is 2.16. The third kappa shape index (κ3) is 27.3. The van der Waals surface area contributed by atoms with Crippen LogP contribution in [0.2, 0.25) is 0 Å². The fourth-order valence-electron chi connectivity index (χ4n) is 4.79. The molecular formula is C45H67Cl3N2O12S2. The van der Waals surface area contributed by atoms with Gasteiger partial charge in [-0.05, 0) is 115 Å². The number of nitrogens with zero attached hydrogens (tertiary/aromatic N) is 1. The number of halogens is 3. The summed E-state index contributed by atoms with van der Waals surface area (Å²) in [6.45, 7) is 26.1. The Kier molecular flexibility index (Phi) is 36.3. The molecule has 14 nitrogen and oxygen atoms in total. The summed E-state index contributed by atoms with van der Waals surface area (Å²) in [5.41, 5.74) is 1.98. The van der Waals surface area contributed by atoms with Gasteiger partial charge in [0.1, 0.15) is 23.0 Å². The van der Waals surface area contributed by atoms with E-state index in [1.54, 1.807) is 41.3 Å². The first-order valence-corrected chi connectivity index (χ1v) is 24.0. The maximum atomic E-state index is 11.9. The van der Waals surface area contributed by atoms with E-state index < -0.39 is 19.2 Å². The molecule has 5 aromatic rings. The van der Waals surface area contributed by atoms with E-state index in [1.165, 1.54) is 81.7 Å². The lowest BCUT2D eigenvalue weighted by Gasteiger charge is -2.13. The molecule has 0 amide bonds. The minimum Gasteiger partial charge on any atom is -1.00 e. The quantitative estimate of drug-likeness (QED) is 0.0476. The van der Waals surface area contributed by atoms with Gasteiger partial charge in [0.05, 0.1) is 24.5 Å². The molecule has 3 aromatic heterocycles. The molecule has 0 fully saturated rings. The fourth-order valence-corrected chi connectivity index (χ4v) is 6.48. The highest BCUT2D eigenvalue weighted by Gasteiger charge is 2.21. The van der Waals surface area contributed by atoms with Crippen LogP contribution in [0.25, 0.3) is 0 Å². The van der Waals surface area contributed by atoms with Crippen LogP contribution in [0.1, 0.15) is 110 Å². The average Bonchev–Trinajstić information content (AvgIpc) is 4.07. The third-order valence-electron chi connectivity index (χ3n) is 8.75. The molecule has 64 heavy (non-hydrogen) atoms. The first-order chi connectivity index (χ1) is 29.4. The normalized spacial score (nSPS) is 10.3. The summed E-state index contributed by atoms with van der Waals surface area (Å²) in [6, 6.07) is 22.4. The van der Waals surface area contributed by atoms with E-state index in [1.807, 2.05) is 26.8 Å². The van der Waals surface area contributed by atoms with Crippen LogP contribution in [-0.4, -0.2) is 89.2 Å². The standard InChI is InChI=1S/C13H12O5S.C7H7ClO2S.C7H8O2.2C6H15N.C6H6O3.2ClH.H2/c1-10-2-6-13(7-3-10)19(15,16)17-9-12-5-4-11(8-14)18-12;1-6-2-4-7(5-3-6)11(8,9)10;1-2-6-3-4-7(5-8)9-6;2*1-4-7(5-2)6-3;7-3-5-1-2-6(4-8)9-5;;;/h2-8H,9H2,1H3;2-5H,1H3;3-5H,2H2,1H3;2*4-6H2,1-3H3;1-3,8H,4H2;3*1H/i;;;;;;;;1+1. The van der Waals surface area contributed by atoms with Crippen LogP contribution in [-0.2, 0) is 38.8 Å². The van der Waals surface area contributed by atoms with Crippen molar-refractivity contribution in [1.82, 2.24) is 4.90 Å². The Morgan fingerprint density at radius 1 is 0.594 bits per heavy atom. The minimum absolute atomic E-state index is 0. The van der Waals surface area contributed by atoms with Crippen molar-refractivity contribution in [3.63, 3.8) is 0 Å². The van der Waals surface area contributed by atoms with Crippen LogP contribution < -0.4 is 29.7 Å². The van der Waals surface area contributed by atoms with Crippen LogP contribution in [0.15, 0.2) is 108 Å². The summed E-state index contributed by atoms with van der Waals surface area (Å²) in [6.07, 6.45) is 2.70. The minimum atomic E-state index is -3.70. The predicted octanol–water partition coefficient (Wildman–Crippen LogP) is 1.51. The molecule has 0 aliphatic carbocycles. The molecule has 0 saturated heterocycles. The zero-order valence-corrected chi connectivity index (χ0v) is 42.0. The molecule has 0 atom stereocenters.